The van der Waals surface area contributed by atoms with Crippen LogP contribution in [0.1, 0.15) is 11.1 Å². The first-order valence-electron chi connectivity index (χ1n) is 8.02. The molecule has 140 valence electrons. The minimum atomic E-state index is -0.263. The number of carbonyl (C=O) groups is 1. The van der Waals surface area contributed by atoms with Crippen molar-refractivity contribution in [3.8, 4) is 11.5 Å². The maximum atomic E-state index is 13.7. The molecule has 0 aromatic heterocycles. The van der Waals surface area contributed by atoms with Crippen molar-refractivity contribution >= 4 is 33.6 Å². The Bertz CT molecular complexity index is 758. The van der Waals surface area contributed by atoms with Gasteiger partial charge in [0.1, 0.15) is 5.82 Å². The number of amides is 1. The molecular weight excluding hydrogens is 421 g/mol. The Morgan fingerprint density at radius 1 is 1.15 bits per heavy atom. The lowest BCUT2D eigenvalue weighted by atomic mass is 10.1. The van der Waals surface area contributed by atoms with Crippen LogP contribution < -0.4 is 14.8 Å². The van der Waals surface area contributed by atoms with Crippen molar-refractivity contribution in [1.29, 1.82) is 0 Å². The quantitative estimate of drug-likeness (QED) is 0.633. The van der Waals surface area contributed by atoms with Crippen molar-refractivity contribution in [2.24, 2.45) is 0 Å². The largest absolute Gasteiger partial charge is 0.493 e. The van der Waals surface area contributed by atoms with Gasteiger partial charge in [-0.05, 0) is 41.8 Å². The van der Waals surface area contributed by atoms with Crippen molar-refractivity contribution in [3.05, 3.63) is 57.8 Å². The molecule has 0 bridgehead atoms. The van der Waals surface area contributed by atoms with Gasteiger partial charge in [0.2, 0.25) is 5.91 Å². The molecule has 0 radical (unpaired) electrons. The average Bonchev–Trinajstić information content (AvgIpc) is 2.63. The molecule has 26 heavy (non-hydrogen) atoms. The number of nitrogens with one attached hydrogen (secondary N) is 1. The molecule has 0 unspecified atom stereocenters. The second-order valence-electron chi connectivity index (χ2n) is 5.52. The molecule has 1 amide bonds. The predicted octanol–water partition coefficient (Wildman–Crippen LogP) is 4.20. The number of hydrogen-bond donors (Lipinski definition) is 1. The van der Waals surface area contributed by atoms with Crippen molar-refractivity contribution in [2.45, 2.75) is 12.2 Å². The third-order valence-corrected chi connectivity index (χ3v) is 5.16. The second-order valence-corrected chi connectivity index (χ2v) is 7.42. The summed E-state index contributed by atoms with van der Waals surface area (Å²) in [7, 11) is 3.18. The summed E-state index contributed by atoms with van der Waals surface area (Å²) in [5.41, 5.74) is 1.64. The molecular formula is C19H21BrFNO3S. The van der Waals surface area contributed by atoms with Gasteiger partial charge in [-0.15, -0.1) is 11.8 Å². The molecule has 0 aliphatic rings. The van der Waals surface area contributed by atoms with Crippen LogP contribution in [0, 0.1) is 5.82 Å². The van der Waals surface area contributed by atoms with E-state index < -0.39 is 0 Å². The van der Waals surface area contributed by atoms with Gasteiger partial charge in [-0.3, -0.25) is 4.79 Å². The van der Waals surface area contributed by atoms with Crippen LogP contribution in [0.4, 0.5) is 4.39 Å². The van der Waals surface area contributed by atoms with Crippen LogP contribution in [0.25, 0.3) is 0 Å². The van der Waals surface area contributed by atoms with Gasteiger partial charge < -0.3 is 14.8 Å². The molecule has 0 fully saturated rings. The Hall–Kier alpha value is -1.73. The van der Waals surface area contributed by atoms with Gasteiger partial charge in [0.05, 0.1) is 20.0 Å². The van der Waals surface area contributed by atoms with E-state index in [9.17, 15) is 9.18 Å². The highest BCUT2D eigenvalue weighted by atomic mass is 79.9. The topological polar surface area (TPSA) is 47.6 Å². The molecule has 2 aromatic rings. The molecule has 7 heteroatoms. The summed E-state index contributed by atoms with van der Waals surface area (Å²) in [5, 5.41) is 2.87. The lowest BCUT2D eigenvalue weighted by Crippen LogP contribution is -2.27. The third-order valence-electron chi connectivity index (χ3n) is 3.69. The van der Waals surface area contributed by atoms with Gasteiger partial charge >= 0.3 is 0 Å². The van der Waals surface area contributed by atoms with Crippen LogP contribution >= 0.6 is 27.7 Å². The monoisotopic (exact) mass is 441 g/mol. The van der Waals surface area contributed by atoms with Crippen LogP contribution in [0.3, 0.4) is 0 Å². The van der Waals surface area contributed by atoms with Crippen LogP contribution in [0.5, 0.6) is 11.5 Å². The summed E-state index contributed by atoms with van der Waals surface area (Å²) < 4.78 is 24.9. The Labute approximate surface area is 165 Å². The van der Waals surface area contributed by atoms with Crippen molar-refractivity contribution < 1.29 is 18.7 Å². The minimum absolute atomic E-state index is 0.0620. The molecule has 0 saturated carbocycles. The number of benzene rings is 2. The Morgan fingerprint density at radius 3 is 2.62 bits per heavy atom. The smallest absolute Gasteiger partial charge is 0.230 e. The summed E-state index contributed by atoms with van der Waals surface area (Å²) in [6.07, 6.45) is 0.693. The number of hydrogen-bond acceptors (Lipinski definition) is 4. The molecule has 0 aliphatic carbocycles. The molecule has 1 N–H and O–H groups in total. The van der Waals surface area contributed by atoms with Gasteiger partial charge in [-0.1, -0.05) is 28.1 Å². The molecule has 2 rings (SSSR count). The first-order valence-corrected chi connectivity index (χ1v) is 9.97. The molecule has 0 spiro atoms. The summed E-state index contributed by atoms with van der Waals surface area (Å²) in [4.78, 5) is 11.9. The Kier molecular flexibility index (Phi) is 8.25. The van der Waals surface area contributed by atoms with E-state index in [0.29, 0.717) is 46.0 Å². The fraction of sp³-hybridized carbons (Fsp3) is 0.316. The summed E-state index contributed by atoms with van der Waals surface area (Å²) in [6, 6.07) is 10.6. The third kappa shape index (κ3) is 6.21. The number of halogens is 2. The normalized spacial score (nSPS) is 10.5. The van der Waals surface area contributed by atoms with Crippen LogP contribution in [-0.4, -0.2) is 32.4 Å². The SMILES string of the molecule is COc1ccc(CCNC(=O)CSCc2ccc(Br)cc2F)cc1OC. The number of rotatable bonds is 9. The molecule has 0 atom stereocenters. The van der Waals surface area contributed by atoms with Gasteiger partial charge in [-0.2, -0.15) is 0 Å². The number of carbonyl (C=O) groups excluding carboxylic acids is 1. The van der Waals surface area contributed by atoms with Gasteiger partial charge in [0, 0.05) is 16.8 Å². The molecule has 0 aliphatic heterocycles. The van der Waals surface area contributed by atoms with E-state index in [1.807, 2.05) is 18.2 Å². The van der Waals surface area contributed by atoms with Gasteiger partial charge in [-0.25, -0.2) is 4.39 Å². The first-order chi connectivity index (χ1) is 12.5. The number of methoxy groups -OCH3 is 2. The highest BCUT2D eigenvalue weighted by molar-refractivity contribution is 9.10. The standard InChI is InChI=1S/C19H21BrFNO3S/c1-24-17-6-3-13(9-18(17)25-2)7-8-22-19(23)12-26-11-14-4-5-15(20)10-16(14)21/h3-6,9-10H,7-8,11-12H2,1-2H3,(H,22,23). The van der Waals surface area contributed by atoms with Crippen LogP contribution in [0.15, 0.2) is 40.9 Å². The Morgan fingerprint density at radius 2 is 1.92 bits per heavy atom. The molecule has 4 nitrogen and oxygen atoms in total. The van der Waals surface area contributed by atoms with Gasteiger partial charge in [0.15, 0.2) is 11.5 Å². The van der Waals surface area contributed by atoms with Crippen molar-refractivity contribution in [1.82, 2.24) is 5.32 Å². The van der Waals surface area contributed by atoms with E-state index in [2.05, 4.69) is 21.2 Å². The maximum absolute atomic E-state index is 13.7. The van der Waals surface area contributed by atoms with E-state index in [1.54, 1.807) is 26.4 Å². The zero-order chi connectivity index (χ0) is 18.9. The second kappa shape index (κ2) is 10.4. The zero-order valence-corrected chi connectivity index (χ0v) is 17.1. The zero-order valence-electron chi connectivity index (χ0n) is 14.7. The predicted molar refractivity (Wildman–Crippen MR) is 107 cm³/mol. The van der Waals surface area contributed by atoms with Gasteiger partial charge in [0.25, 0.3) is 0 Å². The Balaban J connectivity index is 1.72. The van der Waals surface area contributed by atoms with Crippen molar-refractivity contribution in [3.63, 3.8) is 0 Å². The highest BCUT2D eigenvalue weighted by Crippen LogP contribution is 2.27. The molecule has 0 saturated heterocycles. The minimum Gasteiger partial charge on any atom is -0.493 e. The molecule has 0 heterocycles. The average molecular weight is 442 g/mol. The number of thioether (sulfide) groups is 1. The van der Waals surface area contributed by atoms with E-state index in [-0.39, 0.29) is 11.7 Å². The van der Waals surface area contributed by atoms with Crippen LogP contribution in [-0.2, 0) is 17.0 Å². The lowest BCUT2D eigenvalue weighted by Gasteiger charge is -2.10. The fourth-order valence-electron chi connectivity index (χ4n) is 2.33. The van der Waals surface area contributed by atoms with E-state index >= 15 is 0 Å². The highest BCUT2D eigenvalue weighted by Gasteiger charge is 2.07. The lowest BCUT2D eigenvalue weighted by molar-refractivity contribution is -0.118. The van der Waals surface area contributed by atoms with E-state index in [4.69, 9.17) is 9.47 Å². The summed E-state index contributed by atoms with van der Waals surface area (Å²) in [5.74, 6) is 1.78. The summed E-state index contributed by atoms with van der Waals surface area (Å²) in [6.45, 7) is 0.529. The number of ether oxygens (including phenoxy) is 2. The molecule has 2 aromatic carbocycles. The summed E-state index contributed by atoms with van der Waals surface area (Å²) >= 11 is 4.61. The fourth-order valence-corrected chi connectivity index (χ4v) is 3.50. The van der Waals surface area contributed by atoms with E-state index in [0.717, 1.165) is 5.56 Å². The van der Waals surface area contributed by atoms with Crippen molar-refractivity contribution in [2.75, 3.05) is 26.5 Å². The van der Waals surface area contributed by atoms with Crippen LogP contribution in [0.2, 0.25) is 0 Å². The van der Waals surface area contributed by atoms with E-state index in [1.165, 1.54) is 17.8 Å². The first kappa shape index (κ1) is 20.6. The maximum Gasteiger partial charge on any atom is 0.230 e.